The minimum absolute atomic E-state index is 0.118. The lowest BCUT2D eigenvalue weighted by molar-refractivity contribution is -0.114. The number of methoxy groups -OCH3 is 1. The SMILES string of the molecule is COc1ccc(Cl)cc1/C=C/C=C(/C#N)C(N)=O. The van der Waals surface area contributed by atoms with Gasteiger partial charge >= 0.3 is 0 Å². The van der Waals surface area contributed by atoms with Crippen LogP contribution in [0.4, 0.5) is 0 Å². The number of nitriles is 1. The van der Waals surface area contributed by atoms with Gasteiger partial charge in [0.25, 0.3) is 5.91 Å². The fraction of sp³-hybridized carbons (Fsp3) is 0.0769. The van der Waals surface area contributed by atoms with Gasteiger partial charge in [0.05, 0.1) is 7.11 Å². The van der Waals surface area contributed by atoms with Gasteiger partial charge in [-0.25, -0.2) is 0 Å². The number of primary amides is 1. The van der Waals surface area contributed by atoms with Crippen LogP contribution < -0.4 is 10.5 Å². The molecule has 0 unspecified atom stereocenters. The Morgan fingerprint density at radius 1 is 1.56 bits per heavy atom. The molecule has 5 heteroatoms. The highest BCUT2D eigenvalue weighted by atomic mass is 35.5. The molecule has 0 fully saturated rings. The number of halogens is 1. The maximum absolute atomic E-state index is 10.8. The van der Waals surface area contributed by atoms with Gasteiger partial charge in [-0.3, -0.25) is 4.79 Å². The predicted molar refractivity (Wildman–Crippen MR) is 69.9 cm³/mol. The predicted octanol–water partition coefficient (Wildman–Crippen LogP) is 2.30. The maximum atomic E-state index is 10.8. The molecule has 0 aromatic heterocycles. The van der Waals surface area contributed by atoms with E-state index >= 15 is 0 Å². The minimum atomic E-state index is -0.764. The third-order valence-corrected chi connectivity index (χ3v) is 2.35. The first-order chi connectivity index (χ1) is 8.58. The molecule has 0 heterocycles. The number of nitrogens with two attached hydrogens (primary N) is 1. The molecule has 1 rings (SSSR count). The van der Waals surface area contributed by atoms with Crippen LogP contribution in [-0.4, -0.2) is 13.0 Å². The number of benzene rings is 1. The van der Waals surface area contributed by atoms with Crippen molar-refractivity contribution in [2.75, 3.05) is 7.11 Å². The number of carbonyl (C=O) groups excluding carboxylic acids is 1. The summed E-state index contributed by atoms with van der Waals surface area (Å²) in [6.45, 7) is 0. The number of hydrogen-bond donors (Lipinski definition) is 1. The summed E-state index contributed by atoms with van der Waals surface area (Å²) in [6.07, 6.45) is 4.55. The van der Waals surface area contributed by atoms with Crippen LogP contribution in [0.5, 0.6) is 5.75 Å². The molecule has 2 N–H and O–H groups in total. The third-order valence-electron chi connectivity index (χ3n) is 2.12. The monoisotopic (exact) mass is 262 g/mol. The molecule has 0 bridgehead atoms. The number of nitrogens with zero attached hydrogens (tertiary/aromatic N) is 1. The van der Waals surface area contributed by atoms with E-state index in [4.69, 9.17) is 27.3 Å². The number of amides is 1. The molecule has 0 atom stereocenters. The van der Waals surface area contributed by atoms with Crippen LogP contribution >= 0.6 is 11.6 Å². The average molecular weight is 263 g/mol. The highest BCUT2D eigenvalue weighted by molar-refractivity contribution is 6.30. The fourth-order valence-corrected chi connectivity index (χ4v) is 1.44. The van der Waals surface area contributed by atoms with Crippen molar-refractivity contribution in [3.8, 4) is 11.8 Å². The van der Waals surface area contributed by atoms with E-state index in [2.05, 4.69) is 0 Å². The van der Waals surface area contributed by atoms with E-state index in [0.29, 0.717) is 10.8 Å². The van der Waals surface area contributed by atoms with E-state index in [0.717, 1.165) is 5.56 Å². The molecule has 92 valence electrons. The second-order valence-electron chi connectivity index (χ2n) is 3.30. The normalized spacial score (nSPS) is 11.3. The zero-order chi connectivity index (χ0) is 13.5. The van der Waals surface area contributed by atoms with Crippen molar-refractivity contribution in [3.63, 3.8) is 0 Å². The second kappa shape index (κ2) is 6.48. The molecule has 0 saturated carbocycles. The first kappa shape index (κ1) is 13.8. The van der Waals surface area contributed by atoms with E-state index in [-0.39, 0.29) is 5.57 Å². The lowest BCUT2D eigenvalue weighted by Gasteiger charge is -2.04. The van der Waals surface area contributed by atoms with Gasteiger partial charge in [-0.1, -0.05) is 23.8 Å². The van der Waals surface area contributed by atoms with Gasteiger partial charge in [-0.05, 0) is 24.3 Å². The van der Waals surface area contributed by atoms with Crippen molar-refractivity contribution in [2.45, 2.75) is 0 Å². The highest BCUT2D eigenvalue weighted by Gasteiger charge is 2.01. The fourth-order valence-electron chi connectivity index (χ4n) is 1.26. The molecule has 4 nitrogen and oxygen atoms in total. The van der Waals surface area contributed by atoms with Crippen molar-refractivity contribution < 1.29 is 9.53 Å². The summed E-state index contributed by atoms with van der Waals surface area (Å²) >= 11 is 5.86. The van der Waals surface area contributed by atoms with Gasteiger partial charge < -0.3 is 10.5 Å². The summed E-state index contributed by atoms with van der Waals surface area (Å²) in [5.74, 6) is -0.123. The molecule has 0 radical (unpaired) electrons. The number of carbonyl (C=O) groups is 1. The Bertz CT molecular complexity index is 557. The van der Waals surface area contributed by atoms with Crippen LogP contribution in [0.2, 0.25) is 5.02 Å². The molecule has 0 aliphatic carbocycles. The van der Waals surface area contributed by atoms with Gasteiger partial charge in [0, 0.05) is 10.6 Å². The van der Waals surface area contributed by atoms with Crippen LogP contribution in [0.3, 0.4) is 0 Å². The summed E-state index contributed by atoms with van der Waals surface area (Å²) in [6, 6.07) is 6.85. The third kappa shape index (κ3) is 3.65. The molecule has 0 aliphatic rings. The zero-order valence-electron chi connectivity index (χ0n) is 9.68. The van der Waals surface area contributed by atoms with Crippen LogP contribution in [0, 0.1) is 11.3 Å². The number of allylic oxidation sites excluding steroid dienone is 2. The molecule has 18 heavy (non-hydrogen) atoms. The summed E-state index contributed by atoms with van der Waals surface area (Å²) in [7, 11) is 1.54. The maximum Gasteiger partial charge on any atom is 0.259 e. The van der Waals surface area contributed by atoms with Gasteiger partial charge in [-0.2, -0.15) is 5.26 Å². The van der Waals surface area contributed by atoms with Crippen molar-refractivity contribution in [1.29, 1.82) is 5.26 Å². The number of rotatable bonds is 4. The molecular formula is C13H11ClN2O2. The highest BCUT2D eigenvalue weighted by Crippen LogP contribution is 2.23. The first-order valence-electron chi connectivity index (χ1n) is 5.00. The summed E-state index contributed by atoms with van der Waals surface area (Å²) in [4.78, 5) is 10.8. The summed E-state index contributed by atoms with van der Waals surface area (Å²) < 4.78 is 5.14. The van der Waals surface area contributed by atoms with Crippen LogP contribution in [-0.2, 0) is 4.79 Å². The first-order valence-corrected chi connectivity index (χ1v) is 5.38. The molecule has 0 spiro atoms. The molecule has 1 amide bonds. The van der Waals surface area contributed by atoms with E-state index in [1.54, 1.807) is 37.5 Å². The van der Waals surface area contributed by atoms with Gasteiger partial charge in [0.2, 0.25) is 0 Å². The van der Waals surface area contributed by atoms with Crippen LogP contribution in [0.1, 0.15) is 5.56 Å². The van der Waals surface area contributed by atoms with Gasteiger partial charge in [0.15, 0.2) is 0 Å². The van der Waals surface area contributed by atoms with Crippen LogP contribution in [0.15, 0.2) is 35.9 Å². The van der Waals surface area contributed by atoms with Crippen molar-refractivity contribution >= 4 is 23.6 Å². The molecule has 0 aliphatic heterocycles. The smallest absolute Gasteiger partial charge is 0.259 e. The Hall–Kier alpha value is -2.25. The second-order valence-corrected chi connectivity index (χ2v) is 3.74. The van der Waals surface area contributed by atoms with E-state index in [1.807, 2.05) is 0 Å². The Morgan fingerprint density at radius 2 is 2.28 bits per heavy atom. The quantitative estimate of drug-likeness (QED) is 0.514. The molecular weight excluding hydrogens is 252 g/mol. The Morgan fingerprint density at radius 3 is 2.83 bits per heavy atom. The number of hydrogen-bond acceptors (Lipinski definition) is 3. The Labute approximate surface area is 110 Å². The standard InChI is InChI=1S/C13H11ClN2O2/c1-18-12-6-5-11(14)7-9(12)3-2-4-10(8-15)13(16)17/h2-7H,1H3,(H2,16,17)/b3-2+,10-4-. The minimum Gasteiger partial charge on any atom is -0.496 e. The van der Waals surface area contributed by atoms with Crippen molar-refractivity contribution in [3.05, 3.63) is 46.5 Å². The van der Waals surface area contributed by atoms with Gasteiger partial charge in [0.1, 0.15) is 17.4 Å². The van der Waals surface area contributed by atoms with E-state index in [9.17, 15) is 4.79 Å². The van der Waals surface area contributed by atoms with Crippen LogP contribution in [0.25, 0.3) is 6.08 Å². The zero-order valence-corrected chi connectivity index (χ0v) is 10.4. The Balaban J connectivity index is 3.01. The largest absolute Gasteiger partial charge is 0.496 e. The number of ether oxygens (including phenoxy) is 1. The average Bonchev–Trinajstić information content (AvgIpc) is 2.34. The molecule has 1 aromatic rings. The topological polar surface area (TPSA) is 76.1 Å². The summed E-state index contributed by atoms with van der Waals surface area (Å²) in [5, 5.41) is 9.20. The Kier molecular flexibility index (Phi) is 4.97. The lowest BCUT2D eigenvalue weighted by Crippen LogP contribution is -2.12. The van der Waals surface area contributed by atoms with Crippen molar-refractivity contribution in [1.82, 2.24) is 0 Å². The van der Waals surface area contributed by atoms with Gasteiger partial charge in [-0.15, -0.1) is 0 Å². The molecule has 0 saturated heterocycles. The molecule has 1 aromatic carbocycles. The van der Waals surface area contributed by atoms with Crippen molar-refractivity contribution in [2.24, 2.45) is 5.73 Å². The van der Waals surface area contributed by atoms with E-state index in [1.165, 1.54) is 12.2 Å². The summed E-state index contributed by atoms with van der Waals surface area (Å²) in [5.41, 5.74) is 5.62. The lowest BCUT2D eigenvalue weighted by atomic mass is 10.1. The van der Waals surface area contributed by atoms with E-state index < -0.39 is 5.91 Å².